The zero-order chi connectivity index (χ0) is 17.9. The van der Waals surface area contributed by atoms with E-state index in [1.165, 1.54) is 5.56 Å². The van der Waals surface area contributed by atoms with Gasteiger partial charge in [-0.05, 0) is 19.3 Å². The predicted molar refractivity (Wildman–Crippen MR) is 97.7 cm³/mol. The van der Waals surface area contributed by atoms with E-state index in [0.29, 0.717) is 12.6 Å². The van der Waals surface area contributed by atoms with Crippen LogP contribution in [0.1, 0.15) is 24.1 Å². The first-order valence-electron chi connectivity index (χ1n) is 9.38. The zero-order valence-electron chi connectivity index (χ0n) is 14.8. The van der Waals surface area contributed by atoms with Gasteiger partial charge in [0, 0.05) is 50.1 Å². The number of fused-ring (bicyclic) bond motifs is 1. The SMILES string of the molecule is O=C(O)C1NNCC1CN1CCc2ncnc(NC3CC=CC3)c2CC1. The lowest BCUT2D eigenvalue weighted by molar-refractivity contribution is -0.140. The minimum atomic E-state index is -0.791. The number of rotatable bonds is 5. The highest BCUT2D eigenvalue weighted by molar-refractivity contribution is 5.74. The lowest BCUT2D eigenvalue weighted by atomic mass is 10.0. The molecule has 1 aliphatic carbocycles. The number of hydrazine groups is 1. The number of hydrogen-bond acceptors (Lipinski definition) is 7. The van der Waals surface area contributed by atoms with E-state index in [0.717, 1.165) is 56.8 Å². The third-order valence-electron chi connectivity index (χ3n) is 5.58. The number of aliphatic carboxylic acids is 1. The van der Waals surface area contributed by atoms with Crippen molar-refractivity contribution in [3.05, 3.63) is 29.7 Å². The fraction of sp³-hybridized carbons (Fsp3) is 0.611. The van der Waals surface area contributed by atoms with Crippen molar-refractivity contribution < 1.29 is 9.90 Å². The van der Waals surface area contributed by atoms with Crippen molar-refractivity contribution in [2.45, 2.75) is 37.8 Å². The van der Waals surface area contributed by atoms with E-state index in [1.807, 2.05) is 0 Å². The molecule has 8 nitrogen and oxygen atoms in total. The van der Waals surface area contributed by atoms with Crippen molar-refractivity contribution in [2.75, 3.05) is 31.5 Å². The van der Waals surface area contributed by atoms with Crippen LogP contribution in [0.2, 0.25) is 0 Å². The van der Waals surface area contributed by atoms with Crippen LogP contribution in [0.25, 0.3) is 0 Å². The maximum absolute atomic E-state index is 11.4. The number of hydrogen-bond donors (Lipinski definition) is 4. The fourth-order valence-electron chi connectivity index (χ4n) is 4.11. The van der Waals surface area contributed by atoms with Gasteiger partial charge in [-0.2, -0.15) is 0 Å². The molecule has 1 fully saturated rings. The van der Waals surface area contributed by atoms with Crippen LogP contribution in [0.15, 0.2) is 18.5 Å². The molecule has 3 heterocycles. The number of aromatic nitrogens is 2. The summed E-state index contributed by atoms with van der Waals surface area (Å²) in [4.78, 5) is 22.7. The van der Waals surface area contributed by atoms with Crippen LogP contribution in [-0.4, -0.2) is 64.2 Å². The Hall–Kier alpha value is -2.03. The molecule has 0 amide bonds. The molecule has 4 N–H and O–H groups in total. The molecular formula is C18H26N6O2. The molecule has 0 aromatic carbocycles. The van der Waals surface area contributed by atoms with Gasteiger partial charge in [-0.15, -0.1) is 0 Å². The topological polar surface area (TPSA) is 102 Å². The van der Waals surface area contributed by atoms with E-state index >= 15 is 0 Å². The number of carboxylic acids is 1. The summed E-state index contributed by atoms with van der Waals surface area (Å²) in [6.45, 7) is 3.26. The standard InChI is InChI=1S/C18H26N6O2/c25-18(26)16-12(9-21-23-16)10-24-7-5-14-15(6-8-24)19-11-20-17(14)22-13-3-1-2-4-13/h1-2,11-13,16,21,23H,3-10H2,(H,25,26)(H,19,20,22). The average molecular weight is 358 g/mol. The highest BCUT2D eigenvalue weighted by Gasteiger charge is 2.34. The predicted octanol–water partition coefficient (Wildman–Crippen LogP) is 0.185. The number of nitrogens with one attached hydrogen (secondary N) is 3. The Balaban J connectivity index is 1.41. The van der Waals surface area contributed by atoms with Gasteiger partial charge >= 0.3 is 5.97 Å². The monoisotopic (exact) mass is 358 g/mol. The second kappa shape index (κ2) is 7.69. The Bertz CT molecular complexity index is 686. The van der Waals surface area contributed by atoms with Crippen molar-refractivity contribution in [1.29, 1.82) is 0 Å². The quantitative estimate of drug-likeness (QED) is 0.553. The fourth-order valence-corrected chi connectivity index (χ4v) is 4.11. The molecule has 2 aliphatic heterocycles. The molecule has 26 heavy (non-hydrogen) atoms. The molecule has 1 aromatic rings. The first-order valence-corrected chi connectivity index (χ1v) is 9.38. The van der Waals surface area contributed by atoms with Gasteiger partial charge in [0.05, 0.1) is 5.69 Å². The largest absolute Gasteiger partial charge is 0.480 e. The van der Waals surface area contributed by atoms with Crippen LogP contribution in [0.3, 0.4) is 0 Å². The van der Waals surface area contributed by atoms with E-state index in [2.05, 4.69) is 43.2 Å². The van der Waals surface area contributed by atoms with E-state index < -0.39 is 12.0 Å². The molecule has 140 valence electrons. The van der Waals surface area contributed by atoms with Gasteiger partial charge in [-0.25, -0.2) is 15.4 Å². The lowest BCUT2D eigenvalue weighted by Gasteiger charge is -2.24. The molecule has 1 aromatic heterocycles. The molecule has 0 saturated carbocycles. The number of carbonyl (C=O) groups is 1. The van der Waals surface area contributed by atoms with Crippen LogP contribution >= 0.6 is 0 Å². The normalized spacial score (nSPS) is 26.6. The average Bonchev–Trinajstić information content (AvgIpc) is 3.25. The summed E-state index contributed by atoms with van der Waals surface area (Å²) in [5, 5.41) is 12.9. The van der Waals surface area contributed by atoms with E-state index in [4.69, 9.17) is 0 Å². The molecule has 4 rings (SSSR count). The Morgan fingerprint density at radius 3 is 2.88 bits per heavy atom. The second-order valence-corrected chi connectivity index (χ2v) is 7.33. The first-order chi connectivity index (χ1) is 12.7. The summed E-state index contributed by atoms with van der Waals surface area (Å²) in [5.74, 6) is 0.251. The third kappa shape index (κ3) is 3.72. The summed E-state index contributed by atoms with van der Waals surface area (Å²) in [5.41, 5.74) is 8.18. The summed E-state index contributed by atoms with van der Waals surface area (Å²) in [6, 6.07) is -0.0900. The molecule has 1 saturated heterocycles. The third-order valence-corrected chi connectivity index (χ3v) is 5.58. The molecule has 0 bridgehead atoms. The summed E-state index contributed by atoms with van der Waals surface area (Å²) in [7, 11) is 0. The molecule has 3 aliphatic rings. The van der Waals surface area contributed by atoms with Crippen molar-refractivity contribution in [3.63, 3.8) is 0 Å². The molecule has 2 unspecified atom stereocenters. The summed E-state index contributed by atoms with van der Waals surface area (Å²) < 4.78 is 0. The van der Waals surface area contributed by atoms with Gasteiger partial charge in [0.25, 0.3) is 0 Å². The zero-order valence-corrected chi connectivity index (χ0v) is 14.8. The summed E-state index contributed by atoms with van der Waals surface area (Å²) >= 11 is 0. The first kappa shape index (κ1) is 17.4. The molecule has 8 heteroatoms. The Labute approximate surface area is 153 Å². The Morgan fingerprint density at radius 1 is 1.27 bits per heavy atom. The Morgan fingerprint density at radius 2 is 2.08 bits per heavy atom. The maximum atomic E-state index is 11.4. The van der Waals surface area contributed by atoms with Crippen LogP contribution < -0.4 is 16.2 Å². The van der Waals surface area contributed by atoms with E-state index in [1.54, 1.807) is 6.33 Å². The minimum Gasteiger partial charge on any atom is -0.480 e. The second-order valence-electron chi connectivity index (χ2n) is 7.33. The minimum absolute atomic E-state index is 0.0713. The van der Waals surface area contributed by atoms with E-state index in [-0.39, 0.29) is 5.92 Å². The van der Waals surface area contributed by atoms with Gasteiger partial charge in [-0.3, -0.25) is 10.2 Å². The number of anilines is 1. The van der Waals surface area contributed by atoms with Gasteiger partial charge in [0.15, 0.2) is 0 Å². The van der Waals surface area contributed by atoms with Gasteiger partial charge in [0.1, 0.15) is 18.2 Å². The summed E-state index contributed by atoms with van der Waals surface area (Å²) in [6.07, 6.45) is 9.94. The van der Waals surface area contributed by atoms with Crippen LogP contribution in [0, 0.1) is 5.92 Å². The number of nitrogens with zero attached hydrogens (tertiary/aromatic N) is 3. The van der Waals surface area contributed by atoms with Gasteiger partial charge < -0.3 is 15.3 Å². The highest BCUT2D eigenvalue weighted by Crippen LogP contribution is 2.24. The number of carboxylic acid groups (broad SMARTS) is 1. The maximum Gasteiger partial charge on any atom is 0.322 e. The van der Waals surface area contributed by atoms with Crippen molar-refractivity contribution in [3.8, 4) is 0 Å². The highest BCUT2D eigenvalue weighted by atomic mass is 16.4. The van der Waals surface area contributed by atoms with Crippen molar-refractivity contribution in [2.24, 2.45) is 5.92 Å². The van der Waals surface area contributed by atoms with Crippen LogP contribution in [-0.2, 0) is 17.6 Å². The van der Waals surface area contributed by atoms with Gasteiger partial charge in [0.2, 0.25) is 0 Å². The smallest absolute Gasteiger partial charge is 0.322 e. The van der Waals surface area contributed by atoms with Crippen LogP contribution in [0.5, 0.6) is 0 Å². The van der Waals surface area contributed by atoms with Crippen molar-refractivity contribution in [1.82, 2.24) is 25.7 Å². The Kier molecular flexibility index (Phi) is 5.14. The molecule has 0 spiro atoms. The molecule has 2 atom stereocenters. The van der Waals surface area contributed by atoms with Gasteiger partial charge in [-0.1, -0.05) is 12.2 Å². The molecular weight excluding hydrogens is 332 g/mol. The van der Waals surface area contributed by atoms with E-state index in [9.17, 15) is 9.90 Å². The van der Waals surface area contributed by atoms with Crippen molar-refractivity contribution >= 4 is 11.8 Å². The molecule has 0 radical (unpaired) electrons. The lowest BCUT2D eigenvalue weighted by Crippen LogP contribution is -2.43. The van der Waals surface area contributed by atoms with Crippen LogP contribution in [0.4, 0.5) is 5.82 Å².